The molecular weight excluding hydrogens is 228 g/mol. The molecule has 1 aliphatic carbocycles. The van der Waals surface area contributed by atoms with Crippen molar-refractivity contribution in [2.45, 2.75) is 25.8 Å². The molecule has 1 aliphatic heterocycles. The third-order valence-electron chi connectivity index (χ3n) is 3.63. The molecule has 3 rings (SSSR count). The number of benzene rings is 1. The van der Waals surface area contributed by atoms with Gasteiger partial charge in [0, 0.05) is 12.6 Å². The van der Waals surface area contributed by atoms with E-state index in [1.807, 2.05) is 18.2 Å². The summed E-state index contributed by atoms with van der Waals surface area (Å²) in [7, 11) is 0. The number of ether oxygens (including phenoxy) is 1. The highest BCUT2D eigenvalue weighted by molar-refractivity contribution is 5.99. The minimum Gasteiger partial charge on any atom is -0.489 e. The van der Waals surface area contributed by atoms with E-state index in [1.165, 1.54) is 0 Å². The Morgan fingerprint density at radius 2 is 2.28 bits per heavy atom. The second-order valence-electron chi connectivity index (χ2n) is 5.20. The van der Waals surface area contributed by atoms with Gasteiger partial charge in [-0.15, -0.1) is 0 Å². The molecule has 1 fully saturated rings. The largest absolute Gasteiger partial charge is 0.489 e. The van der Waals surface area contributed by atoms with Crippen LogP contribution in [0.15, 0.2) is 18.2 Å². The first-order valence-electron chi connectivity index (χ1n) is 6.54. The molecule has 0 unspecified atom stereocenters. The molecule has 1 saturated carbocycles. The van der Waals surface area contributed by atoms with Gasteiger partial charge in [0.05, 0.1) is 11.3 Å². The van der Waals surface area contributed by atoms with Gasteiger partial charge in [0.15, 0.2) is 5.75 Å². The summed E-state index contributed by atoms with van der Waals surface area (Å²) >= 11 is 0. The smallest absolute Gasteiger partial charge is 0.255 e. The van der Waals surface area contributed by atoms with E-state index in [2.05, 4.69) is 17.6 Å². The fourth-order valence-corrected chi connectivity index (χ4v) is 2.63. The maximum Gasteiger partial charge on any atom is 0.255 e. The minimum absolute atomic E-state index is 0.0209. The standard InChI is InChI=1S/C14H18N2O2/c1-9-7-10(8-9)16-14(17)11-3-2-4-12-13(11)18-6-5-15-12/h2-4,9-10,15H,5-8H2,1H3,(H,16,17). The molecule has 18 heavy (non-hydrogen) atoms. The number of nitrogens with one attached hydrogen (secondary N) is 2. The van der Waals surface area contributed by atoms with Crippen molar-refractivity contribution in [3.05, 3.63) is 23.8 Å². The van der Waals surface area contributed by atoms with E-state index < -0.39 is 0 Å². The van der Waals surface area contributed by atoms with Crippen LogP contribution >= 0.6 is 0 Å². The summed E-state index contributed by atoms with van der Waals surface area (Å²) in [6.45, 7) is 3.61. The van der Waals surface area contributed by atoms with E-state index in [-0.39, 0.29) is 5.91 Å². The van der Waals surface area contributed by atoms with Crippen LogP contribution < -0.4 is 15.4 Å². The number of anilines is 1. The lowest BCUT2D eigenvalue weighted by Gasteiger charge is -2.33. The third-order valence-corrected chi connectivity index (χ3v) is 3.63. The molecular formula is C14H18N2O2. The van der Waals surface area contributed by atoms with Crippen molar-refractivity contribution >= 4 is 11.6 Å². The van der Waals surface area contributed by atoms with Crippen LogP contribution in [0.5, 0.6) is 5.75 Å². The molecule has 1 amide bonds. The van der Waals surface area contributed by atoms with E-state index in [0.29, 0.717) is 24.0 Å². The zero-order valence-corrected chi connectivity index (χ0v) is 10.5. The van der Waals surface area contributed by atoms with Crippen molar-refractivity contribution in [3.8, 4) is 5.75 Å². The summed E-state index contributed by atoms with van der Waals surface area (Å²) in [4.78, 5) is 12.2. The summed E-state index contributed by atoms with van der Waals surface area (Å²) in [5.41, 5.74) is 1.55. The van der Waals surface area contributed by atoms with Gasteiger partial charge in [-0.05, 0) is 30.9 Å². The first kappa shape index (κ1) is 11.4. The molecule has 1 heterocycles. The highest BCUT2D eigenvalue weighted by Gasteiger charge is 2.28. The lowest BCUT2D eigenvalue weighted by atomic mass is 9.82. The number of fused-ring (bicyclic) bond motifs is 1. The second kappa shape index (κ2) is 4.52. The normalized spacial score (nSPS) is 25.2. The molecule has 4 nitrogen and oxygen atoms in total. The predicted molar refractivity (Wildman–Crippen MR) is 70.1 cm³/mol. The van der Waals surface area contributed by atoms with E-state index in [1.54, 1.807) is 0 Å². The summed E-state index contributed by atoms with van der Waals surface area (Å²) < 4.78 is 5.61. The minimum atomic E-state index is -0.0209. The maximum atomic E-state index is 12.2. The number of hydrogen-bond acceptors (Lipinski definition) is 3. The average molecular weight is 246 g/mol. The Morgan fingerprint density at radius 1 is 1.44 bits per heavy atom. The van der Waals surface area contributed by atoms with Crippen molar-refractivity contribution in [2.75, 3.05) is 18.5 Å². The Morgan fingerprint density at radius 3 is 3.06 bits per heavy atom. The van der Waals surface area contributed by atoms with Crippen molar-refractivity contribution in [1.29, 1.82) is 0 Å². The van der Waals surface area contributed by atoms with E-state index in [4.69, 9.17) is 4.74 Å². The fourth-order valence-electron chi connectivity index (χ4n) is 2.63. The summed E-state index contributed by atoms with van der Waals surface area (Å²) in [5, 5.41) is 6.31. The predicted octanol–water partition coefficient (Wildman–Crippen LogP) is 2.02. The molecule has 2 N–H and O–H groups in total. The highest BCUT2D eigenvalue weighted by atomic mass is 16.5. The molecule has 96 valence electrons. The Labute approximate surface area is 107 Å². The van der Waals surface area contributed by atoms with Crippen LogP contribution in [0.25, 0.3) is 0 Å². The Hall–Kier alpha value is -1.71. The van der Waals surface area contributed by atoms with E-state index in [9.17, 15) is 4.79 Å². The number of amides is 1. The number of carbonyl (C=O) groups excluding carboxylic acids is 1. The van der Waals surface area contributed by atoms with E-state index in [0.717, 1.165) is 31.0 Å². The molecule has 1 aromatic carbocycles. The van der Waals surface area contributed by atoms with Gasteiger partial charge in [-0.3, -0.25) is 4.79 Å². The Balaban J connectivity index is 1.77. The van der Waals surface area contributed by atoms with Crippen LogP contribution in [0.2, 0.25) is 0 Å². The molecule has 0 radical (unpaired) electrons. The number of rotatable bonds is 2. The summed E-state index contributed by atoms with van der Waals surface area (Å²) in [5.74, 6) is 1.40. The molecule has 1 aromatic rings. The molecule has 2 aliphatic rings. The molecule has 0 spiro atoms. The quantitative estimate of drug-likeness (QED) is 0.839. The number of carbonyl (C=O) groups is 1. The van der Waals surface area contributed by atoms with Gasteiger partial charge in [0.2, 0.25) is 0 Å². The van der Waals surface area contributed by atoms with Crippen molar-refractivity contribution in [1.82, 2.24) is 5.32 Å². The topological polar surface area (TPSA) is 50.4 Å². The van der Waals surface area contributed by atoms with Gasteiger partial charge < -0.3 is 15.4 Å². The maximum absolute atomic E-state index is 12.2. The first-order chi connectivity index (χ1) is 8.74. The fraction of sp³-hybridized carbons (Fsp3) is 0.500. The molecule has 0 atom stereocenters. The zero-order valence-electron chi connectivity index (χ0n) is 10.5. The lowest BCUT2D eigenvalue weighted by molar-refractivity contribution is 0.0892. The van der Waals surface area contributed by atoms with Gasteiger partial charge in [0.1, 0.15) is 6.61 Å². The average Bonchev–Trinajstić information content (AvgIpc) is 2.36. The SMILES string of the molecule is CC1CC(NC(=O)c2cccc3c2OCCN3)C1. The third kappa shape index (κ3) is 2.03. The molecule has 0 bridgehead atoms. The first-order valence-corrected chi connectivity index (χ1v) is 6.54. The van der Waals surface area contributed by atoms with Crippen molar-refractivity contribution in [3.63, 3.8) is 0 Å². The van der Waals surface area contributed by atoms with Crippen LogP contribution in [-0.2, 0) is 0 Å². The van der Waals surface area contributed by atoms with Crippen molar-refractivity contribution in [2.24, 2.45) is 5.92 Å². The van der Waals surface area contributed by atoms with Gasteiger partial charge in [-0.25, -0.2) is 0 Å². The van der Waals surface area contributed by atoms with Crippen LogP contribution in [0.4, 0.5) is 5.69 Å². The highest BCUT2D eigenvalue weighted by Crippen LogP contribution is 2.32. The van der Waals surface area contributed by atoms with Crippen LogP contribution in [0.3, 0.4) is 0 Å². The van der Waals surface area contributed by atoms with Crippen LogP contribution in [-0.4, -0.2) is 25.1 Å². The van der Waals surface area contributed by atoms with Gasteiger partial charge in [-0.1, -0.05) is 13.0 Å². The van der Waals surface area contributed by atoms with Crippen molar-refractivity contribution < 1.29 is 9.53 Å². The zero-order chi connectivity index (χ0) is 12.5. The number of hydrogen-bond donors (Lipinski definition) is 2. The number of para-hydroxylation sites is 1. The van der Waals surface area contributed by atoms with Gasteiger partial charge in [0.25, 0.3) is 5.91 Å². The monoisotopic (exact) mass is 246 g/mol. The lowest BCUT2D eigenvalue weighted by Crippen LogP contribution is -2.43. The van der Waals surface area contributed by atoms with E-state index >= 15 is 0 Å². The second-order valence-corrected chi connectivity index (χ2v) is 5.20. The summed E-state index contributed by atoms with van der Waals surface area (Å²) in [6, 6.07) is 5.98. The Bertz CT molecular complexity index is 467. The van der Waals surface area contributed by atoms with Crippen LogP contribution in [0.1, 0.15) is 30.1 Å². The molecule has 4 heteroatoms. The summed E-state index contributed by atoms with van der Waals surface area (Å²) in [6.07, 6.45) is 2.17. The Kier molecular flexibility index (Phi) is 2.86. The van der Waals surface area contributed by atoms with Gasteiger partial charge >= 0.3 is 0 Å². The molecule has 0 aromatic heterocycles. The molecule has 0 saturated heterocycles. The van der Waals surface area contributed by atoms with Crippen LogP contribution in [0, 0.1) is 5.92 Å². The van der Waals surface area contributed by atoms with Gasteiger partial charge in [-0.2, -0.15) is 0 Å².